The predicted octanol–water partition coefficient (Wildman–Crippen LogP) is 4.45. The van der Waals surface area contributed by atoms with Crippen molar-refractivity contribution in [2.75, 3.05) is 10.3 Å². The molecule has 0 amide bonds. The molecule has 2 aromatic carbocycles. The van der Waals surface area contributed by atoms with Crippen molar-refractivity contribution in [1.82, 2.24) is 10.6 Å². The highest BCUT2D eigenvalue weighted by Gasteiger charge is 2.22. The number of hydrogen-bond acceptors (Lipinski definition) is 5. The van der Waals surface area contributed by atoms with E-state index in [2.05, 4.69) is 53.4 Å². The molecule has 0 fully saturated rings. The zero-order valence-corrected chi connectivity index (χ0v) is 14.6. The number of anilines is 2. The molecule has 26 heavy (non-hydrogen) atoms. The number of nitrogens with zero attached hydrogens (tertiary/aromatic N) is 2. The number of aromatic nitrogens is 1. The first kappa shape index (κ1) is 15.2. The van der Waals surface area contributed by atoms with Crippen LogP contribution in [0.1, 0.15) is 30.5 Å². The molecule has 2 aliphatic rings. The average molecular weight is 344 g/mol. The number of nitrogens with one attached hydrogen (secondary N) is 2. The lowest BCUT2D eigenvalue weighted by molar-refractivity contribution is 0.132. The molecule has 0 saturated heterocycles. The molecule has 1 aromatic heterocycles. The molecule has 0 spiro atoms. The van der Waals surface area contributed by atoms with E-state index in [-0.39, 0.29) is 0 Å². The van der Waals surface area contributed by atoms with Gasteiger partial charge in [0.25, 0.3) is 0 Å². The third-order valence-electron chi connectivity index (χ3n) is 5.04. The first-order valence-corrected chi connectivity index (χ1v) is 8.92. The lowest BCUT2D eigenvalue weighted by Gasteiger charge is -2.18. The summed E-state index contributed by atoms with van der Waals surface area (Å²) < 4.78 is 0. The number of rotatable bonds is 3. The highest BCUT2D eigenvalue weighted by molar-refractivity contribution is 5.93. The largest absolute Gasteiger partial charge is 0.392 e. The summed E-state index contributed by atoms with van der Waals surface area (Å²) in [6.07, 6.45) is 4.16. The summed E-state index contributed by atoms with van der Waals surface area (Å²) in [6, 6.07) is 19.3. The third-order valence-corrected chi connectivity index (χ3v) is 5.04. The summed E-state index contributed by atoms with van der Waals surface area (Å²) in [5, 5.41) is 6.56. The van der Waals surface area contributed by atoms with Gasteiger partial charge in [-0.1, -0.05) is 35.9 Å². The quantitative estimate of drug-likeness (QED) is 0.735. The van der Waals surface area contributed by atoms with Crippen molar-refractivity contribution in [3.8, 4) is 0 Å². The van der Waals surface area contributed by atoms with Gasteiger partial charge in [-0.2, -0.15) is 0 Å². The van der Waals surface area contributed by atoms with E-state index in [9.17, 15) is 0 Å². The van der Waals surface area contributed by atoms with Crippen molar-refractivity contribution in [3.63, 3.8) is 0 Å². The Labute approximate surface area is 152 Å². The fourth-order valence-corrected chi connectivity index (χ4v) is 3.79. The van der Waals surface area contributed by atoms with E-state index in [1.54, 1.807) is 0 Å². The molecule has 2 N–H and O–H groups in total. The van der Waals surface area contributed by atoms with E-state index >= 15 is 0 Å². The first-order chi connectivity index (χ1) is 12.8. The third kappa shape index (κ3) is 2.57. The Morgan fingerprint density at radius 3 is 2.92 bits per heavy atom. The van der Waals surface area contributed by atoms with Crippen molar-refractivity contribution in [3.05, 3.63) is 77.7 Å². The molecule has 5 nitrogen and oxygen atoms in total. The van der Waals surface area contributed by atoms with E-state index in [1.165, 1.54) is 11.1 Å². The van der Waals surface area contributed by atoms with E-state index in [0.717, 1.165) is 41.0 Å². The lowest BCUT2D eigenvalue weighted by atomic mass is 10.1. The molecule has 0 saturated carbocycles. The topological polar surface area (TPSA) is 49.4 Å². The van der Waals surface area contributed by atoms with E-state index in [4.69, 9.17) is 9.82 Å². The highest BCUT2D eigenvalue weighted by atomic mass is 16.7. The van der Waals surface area contributed by atoms with Gasteiger partial charge in [0.05, 0.1) is 23.4 Å². The summed E-state index contributed by atoms with van der Waals surface area (Å²) in [6.45, 7) is 1.91. The van der Waals surface area contributed by atoms with E-state index in [1.807, 2.05) is 30.3 Å². The molecule has 1 atom stereocenters. The SMILES string of the molecule is CC1=CN(c2cccc3nc(N[C@@H]4CCc5ccccc54)ccc23)NO1. The Morgan fingerprint density at radius 2 is 2.04 bits per heavy atom. The van der Waals surface area contributed by atoms with Crippen LogP contribution in [-0.4, -0.2) is 4.98 Å². The second kappa shape index (κ2) is 6.04. The van der Waals surface area contributed by atoms with Crippen LogP contribution in [0.4, 0.5) is 11.5 Å². The molecule has 1 aliphatic heterocycles. The molecule has 0 radical (unpaired) electrons. The smallest absolute Gasteiger partial charge is 0.141 e. The Hall–Kier alpha value is -3.05. The normalized spacial score (nSPS) is 18.6. The van der Waals surface area contributed by atoms with Gasteiger partial charge in [0, 0.05) is 5.39 Å². The van der Waals surface area contributed by atoms with Crippen LogP contribution in [0.5, 0.6) is 0 Å². The van der Waals surface area contributed by atoms with Gasteiger partial charge in [-0.15, -0.1) is 0 Å². The summed E-state index contributed by atoms with van der Waals surface area (Å²) >= 11 is 0. The number of hydrogen-bond donors (Lipinski definition) is 2. The molecular formula is C21H20N4O. The van der Waals surface area contributed by atoms with Gasteiger partial charge >= 0.3 is 0 Å². The Bertz CT molecular complexity index is 1010. The van der Waals surface area contributed by atoms with Crippen molar-refractivity contribution < 1.29 is 4.84 Å². The average Bonchev–Trinajstić information content (AvgIpc) is 3.28. The highest BCUT2D eigenvalue weighted by Crippen LogP contribution is 2.34. The van der Waals surface area contributed by atoms with Crippen molar-refractivity contribution in [2.45, 2.75) is 25.8 Å². The number of aryl methyl sites for hydroxylation is 1. The molecule has 5 rings (SSSR count). The van der Waals surface area contributed by atoms with Gasteiger partial charge < -0.3 is 10.2 Å². The molecule has 130 valence electrons. The number of fused-ring (bicyclic) bond motifs is 2. The molecule has 5 heteroatoms. The van der Waals surface area contributed by atoms with Gasteiger partial charge in [-0.05, 0) is 55.2 Å². The lowest BCUT2D eigenvalue weighted by Crippen LogP contribution is -2.27. The first-order valence-electron chi connectivity index (χ1n) is 8.92. The van der Waals surface area contributed by atoms with Crippen LogP contribution in [0.25, 0.3) is 10.9 Å². The van der Waals surface area contributed by atoms with Crippen LogP contribution in [0.3, 0.4) is 0 Å². The monoisotopic (exact) mass is 344 g/mol. The fraction of sp³-hybridized carbons (Fsp3) is 0.190. The van der Waals surface area contributed by atoms with Crippen LogP contribution < -0.4 is 15.9 Å². The van der Waals surface area contributed by atoms with Crippen LogP contribution in [-0.2, 0) is 11.3 Å². The molecule has 3 aromatic rings. The predicted molar refractivity (Wildman–Crippen MR) is 103 cm³/mol. The maximum absolute atomic E-state index is 5.32. The Balaban J connectivity index is 1.46. The molecular weight excluding hydrogens is 324 g/mol. The zero-order chi connectivity index (χ0) is 17.5. The second-order valence-corrected chi connectivity index (χ2v) is 6.78. The zero-order valence-electron chi connectivity index (χ0n) is 14.6. The van der Waals surface area contributed by atoms with E-state index < -0.39 is 0 Å². The van der Waals surface area contributed by atoms with Gasteiger partial charge in [-0.3, -0.25) is 0 Å². The van der Waals surface area contributed by atoms with Crippen molar-refractivity contribution in [2.24, 2.45) is 0 Å². The molecule has 2 heterocycles. The van der Waals surface area contributed by atoms with Crippen LogP contribution in [0.2, 0.25) is 0 Å². The molecule has 0 bridgehead atoms. The van der Waals surface area contributed by atoms with Crippen LogP contribution in [0.15, 0.2) is 66.6 Å². The van der Waals surface area contributed by atoms with Gasteiger partial charge in [0.2, 0.25) is 0 Å². The minimum Gasteiger partial charge on any atom is -0.392 e. The maximum Gasteiger partial charge on any atom is 0.141 e. The molecule has 0 unspecified atom stereocenters. The summed E-state index contributed by atoms with van der Waals surface area (Å²) in [4.78, 5) is 10.2. The minimum absolute atomic E-state index is 0.332. The Morgan fingerprint density at radius 1 is 1.12 bits per heavy atom. The number of benzene rings is 2. The second-order valence-electron chi connectivity index (χ2n) is 6.78. The van der Waals surface area contributed by atoms with Crippen molar-refractivity contribution in [1.29, 1.82) is 0 Å². The summed E-state index contributed by atoms with van der Waals surface area (Å²) in [5.41, 5.74) is 7.70. The van der Waals surface area contributed by atoms with Crippen LogP contribution in [0, 0.1) is 0 Å². The summed E-state index contributed by atoms with van der Waals surface area (Å²) in [7, 11) is 0. The maximum atomic E-state index is 5.32. The van der Waals surface area contributed by atoms with Crippen molar-refractivity contribution >= 4 is 22.4 Å². The van der Waals surface area contributed by atoms with Gasteiger partial charge in [-0.25, -0.2) is 9.99 Å². The fourth-order valence-electron chi connectivity index (χ4n) is 3.79. The molecule has 1 aliphatic carbocycles. The standard InChI is InChI=1S/C21H20N4O/c1-14-13-25(24-26-14)20-8-4-7-18-17(20)10-12-21(22-18)23-19-11-9-15-5-2-3-6-16(15)19/h2-8,10,12-13,19,24H,9,11H2,1H3,(H,22,23)/t19-/m1/s1. The van der Waals surface area contributed by atoms with Crippen LogP contribution >= 0.6 is 0 Å². The Kier molecular flexibility index (Phi) is 3.53. The van der Waals surface area contributed by atoms with Gasteiger partial charge in [0.15, 0.2) is 0 Å². The number of allylic oxidation sites excluding steroid dienone is 1. The number of pyridine rings is 1. The summed E-state index contributed by atoms with van der Waals surface area (Å²) in [5.74, 6) is 1.74. The van der Waals surface area contributed by atoms with Gasteiger partial charge in [0.1, 0.15) is 11.6 Å². The van der Waals surface area contributed by atoms with E-state index in [0.29, 0.717) is 6.04 Å². The number of hydrazine groups is 1. The minimum atomic E-state index is 0.332.